The Hall–Kier alpha value is -0.490. The highest BCUT2D eigenvalue weighted by Crippen LogP contribution is 2.13. The van der Waals surface area contributed by atoms with Crippen LogP contribution in [0.2, 0.25) is 0 Å². The summed E-state index contributed by atoms with van der Waals surface area (Å²) in [4.78, 5) is 8.90. The van der Waals surface area contributed by atoms with Crippen molar-refractivity contribution in [3.63, 3.8) is 0 Å². The minimum absolute atomic E-state index is 0. The molecule has 7 heteroatoms. The molecular weight excluding hydrogens is 211 g/mol. The zero-order chi connectivity index (χ0) is 9.61. The number of alkyl halides is 3. The van der Waals surface area contributed by atoms with Gasteiger partial charge in [0.25, 0.3) is 0 Å². The van der Waals surface area contributed by atoms with Crippen molar-refractivity contribution in [2.45, 2.75) is 19.0 Å². The summed E-state index contributed by atoms with van der Waals surface area (Å²) in [5.41, 5.74) is 0. The number of nitrogens with one attached hydrogen (secondary N) is 1. The fourth-order valence-electron chi connectivity index (χ4n) is 0.625. The van der Waals surface area contributed by atoms with Gasteiger partial charge < -0.3 is 10.4 Å². The fraction of sp³-hybridized carbons (Fsp3) is 0.833. The minimum Gasteiger partial charge on any atom is -0.475 e. The normalized spacial score (nSPS) is 15.3. The SMILES string of the molecule is C1CCNC1.Cl.O=C(O)C(F)(F)F. The molecule has 1 fully saturated rings. The van der Waals surface area contributed by atoms with E-state index in [2.05, 4.69) is 5.32 Å². The summed E-state index contributed by atoms with van der Waals surface area (Å²) in [7, 11) is 0. The van der Waals surface area contributed by atoms with Crippen LogP contribution in [0, 0.1) is 0 Å². The predicted octanol–water partition coefficient (Wildman–Crippen LogP) is 1.42. The Labute approximate surface area is 79.7 Å². The third kappa shape index (κ3) is 9.42. The van der Waals surface area contributed by atoms with Gasteiger partial charge in [0.05, 0.1) is 0 Å². The van der Waals surface area contributed by atoms with Gasteiger partial charge in [-0.15, -0.1) is 12.4 Å². The zero-order valence-electron chi connectivity index (χ0n) is 6.73. The van der Waals surface area contributed by atoms with E-state index in [0.717, 1.165) is 0 Å². The van der Waals surface area contributed by atoms with E-state index in [4.69, 9.17) is 9.90 Å². The van der Waals surface area contributed by atoms with Gasteiger partial charge in [-0.3, -0.25) is 0 Å². The highest BCUT2D eigenvalue weighted by Gasteiger charge is 2.38. The van der Waals surface area contributed by atoms with Gasteiger partial charge in [0.1, 0.15) is 0 Å². The van der Waals surface area contributed by atoms with Crippen LogP contribution < -0.4 is 5.32 Å². The number of halogens is 4. The third-order valence-electron chi connectivity index (χ3n) is 1.20. The molecule has 80 valence electrons. The molecule has 1 rings (SSSR count). The Morgan fingerprint density at radius 1 is 1.23 bits per heavy atom. The number of rotatable bonds is 0. The number of carbonyl (C=O) groups is 1. The van der Waals surface area contributed by atoms with E-state index >= 15 is 0 Å². The molecule has 0 aliphatic carbocycles. The van der Waals surface area contributed by atoms with Crippen molar-refractivity contribution in [1.82, 2.24) is 5.32 Å². The lowest BCUT2D eigenvalue weighted by molar-refractivity contribution is -0.192. The smallest absolute Gasteiger partial charge is 0.475 e. The average molecular weight is 222 g/mol. The monoisotopic (exact) mass is 221 g/mol. The molecule has 0 radical (unpaired) electrons. The molecule has 1 heterocycles. The predicted molar refractivity (Wildman–Crippen MR) is 43.0 cm³/mol. The Kier molecular flexibility index (Phi) is 8.04. The number of carboxylic acids is 1. The van der Waals surface area contributed by atoms with Crippen molar-refractivity contribution in [3.8, 4) is 0 Å². The standard InChI is InChI=1S/C4H9N.C2HF3O2.ClH/c1-2-4-5-3-1;3-2(4,5)1(6)7;/h5H,1-4H2;(H,6,7);1H. The zero-order valence-corrected chi connectivity index (χ0v) is 7.54. The molecule has 2 N–H and O–H groups in total. The van der Waals surface area contributed by atoms with Crippen LogP contribution in [0.3, 0.4) is 0 Å². The molecule has 0 aromatic heterocycles. The van der Waals surface area contributed by atoms with Crippen LogP contribution in [-0.4, -0.2) is 30.3 Å². The Bertz CT molecular complexity index is 140. The summed E-state index contributed by atoms with van der Waals surface area (Å²) in [5.74, 6) is -2.76. The van der Waals surface area contributed by atoms with Gasteiger partial charge in [-0.25, -0.2) is 4.79 Å². The number of hydrogen-bond donors (Lipinski definition) is 2. The van der Waals surface area contributed by atoms with Gasteiger partial charge in [0, 0.05) is 0 Å². The number of aliphatic carboxylic acids is 1. The van der Waals surface area contributed by atoms with E-state index in [1.807, 2.05) is 0 Å². The molecule has 0 atom stereocenters. The van der Waals surface area contributed by atoms with Crippen LogP contribution in [0.15, 0.2) is 0 Å². The maximum atomic E-state index is 10.6. The molecule has 13 heavy (non-hydrogen) atoms. The molecule has 1 aliphatic heterocycles. The summed E-state index contributed by atoms with van der Waals surface area (Å²) in [5, 5.41) is 10.3. The first kappa shape index (κ1) is 15.0. The topological polar surface area (TPSA) is 49.3 Å². The molecule has 0 aromatic carbocycles. The van der Waals surface area contributed by atoms with Gasteiger partial charge in [0.2, 0.25) is 0 Å². The quantitative estimate of drug-likeness (QED) is 0.651. The molecule has 3 nitrogen and oxygen atoms in total. The molecule has 0 saturated carbocycles. The number of carboxylic acid groups (broad SMARTS) is 1. The van der Waals surface area contributed by atoms with E-state index in [1.165, 1.54) is 25.9 Å². The highest BCUT2D eigenvalue weighted by atomic mass is 35.5. The first-order chi connectivity index (χ1) is 5.44. The molecule has 0 amide bonds. The van der Waals surface area contributed by atoms with Gasteiger partial charge in [-0.2, -0.15) is 13.2 Å². The maximum Gasteiger partial charge on any atom is 0.490 e. The van der Waals surface area contributed by atoms with Crippen molar-refractivity contribution in [1.29, 1.82) is 0 Å². The summed E-state index contributed by atoms with van der Waals surface area (Å²) >= 11 is 0. The first-order valence-electron chi connectivity index (χ1n) is 3.45. The molecule has 1 aliphatic rings. The van der Waals surface area contributed by atoms with Gasteiger partial charge >= 0.3 is 12.1 Å². The Morgan fingerprint density at radius 2 is 1.54 bits per heavy atom. The molecule has 0 unspecified atom stereocenters. The second kappa shape index (κ2) is 6.97. The largest absolute Gasteiger partial charge is 0.490 e. The van der Waals surface area contributed by atoms with Crippen LogP contribution in [0.4, 0.5) is 13.2 Å². The minimum atomic E-state index is -5.08. The molecular formula is C6H11ClF3NO2. The lowest BCUT2D eigenvalue weighted by Crippen LogP contribution is -2.21. The third-order valence-corrected chi connectivity index (χ3v) is 1.20. The fourth-order valence-corrected chi connectivity index (χ4v) is 0.625. The van der Waals surface area contributed by atoms with Gasteiger partial charge in [-0.1, -0.05) is 0 Å². The maximum absolute atomic E-state index is 10.6. The van der Waals surface area contributed by atoms with E-state index in [-0.39, 0.29) is 12.4 Å². The Balaban J connectivity index is 0. The second-order valence-corrected chi connectivity index (χ2v) is 2.26. The van der Waals surface area contributed by atoms with Crippen molar-refractivity contribution in [2.75, 3.05) is 13.1 Å². The lowest BCUT2D eigenvalue weighted by atomic mass is 10.4. The van der Waals surface area contributed by atoms with Crippen LogP contribution in [0.5, 0.6) is 0 Å². The first-order valence-corrected chi connectivity index (χ1v) is 3.45. The lowest BCUT2D eigenvalue weighted by Gasteiger charge is -1.93. The summed E-state index contributed by atoms with van der Waals surface area (Å²) in [6.07, 6.45) is -2.31. The molecule has 0 aromatic rings. The summed E-state index contributed by atoms with van der Waals surface area (Å²) < 4.78 is 31.7. The van der Waals surface area contributed by atoms with E-state index < -0.39 is 12.1 Å². The van der Waals surface area contributed by atoms with Gasteiger partial charge in [-0.05, 0) is 25.9 Å². The van der Waals surface area contributed by atoms with Crippen LogP contribution >= 0.6 is 12.4 Å². The van der Waals surface area contributed by atoms with Crippen LogP contribution in [0.25, 0.3) is 0 Å². The van der Waals surface area contributed by atoms with Crippen molar-refractivity contribution in [3.05, 3.63) is 0 Å². The van der Waals surface area contributed by atoms with Crippen molar-refractivity contribution >= 4 is 18.4 Å². The molecule has 1 saturated heterocycles. The van der Waals surface area contributed by atoms with Crippen LogP contribution in [0.1, 0.15) is 12.8 Å². The summed E-state index contributed by atoms with van der Waals surface area (Å²) in [6, 6.07) is 0. The van der Waals surface area contributed by atoms with E-state index in [0.29, 0.717) is 0 Å². The highest BCUT2D eigenvalue weighted by molar-refractivity contribution is 5.85. The van der Waals surface area contributed by atoms with Crippen LogP contribution in [-0.2, 0) is 4.79 Å². The van der Waals surface area contributed by atoms with Gasteiger partial charge in [0.15, 0.2) is 0 Å². The number of hydrogen-bond acceptors (Lipinski definition) is 2. The summed E-state index contributed by atoms with van der Waals surface area (Å²) in [6.45, 7) is 2.50. The van der Waals surface area contributed by atoms with E-state index in [9.17, 15) is 13.2 Å². The second-order valence-electron chi connectivity index (χ2n) is 2.26. The molecule has 0 spiro atoms. The van der Waals surface area contributed by atoms with Crippen molar-refractivity contribution < 1.29 is 23.1 Å². The Morgan fingerprint density at radius 3 is 1.62 bits per heavy atom. The van der Waals surface area contributed by atoms with Crippen molar-refractivity contribution in [2.24, 2.45) is 0 Å². The average Bonchev–Trinajstić information content (AvgIpc) is 2.39. The molecule has 0 bridgehead atoms. The van der Waals surface area contributed by atoms with E-state index in [1.54, 1.807) is 0 Å².